The SMILES string of the molecule is [B]C([B])([B])Oc1cc(OC(F)(F)F)ccc1Oc1cc(OC(F)(F)F)cc(F)c1C(=O)Nc1ccc(C(N)=O)nc1. The molecule has 3 aromatic rings. The lowest BCUT2D eigenvalue weighted by molar-refractivity contribution is -0.275. The minimum absolute atomic E-state index is 0.113. The largest absolute Gasteiger partial charge is 0.573 e. The number of carbonyl (C=O) groups is 2. The van der Waals surface area contributed by atoms with Crippen LogP contribution in [0, 0.1) is 5.82 Å². The Labute approximate surface area is 229 Å². The third-order valence-corrected chi connectivity index (χ3v) is 4.42. The van der Waals surface area contributed by atoms with Crippen LogP contribution in [-0.2, 0) is 0 Å². The van der Waals surface area contributed by atoms with Gasteiger partial charge in [-0.05, 0) is 29.6 Å². The molecule has 208 valence electrons. The predicted molar refractivity (Wildman–Crippen MR) is 128 cm³/mol. The zero-order chi connectivity index (χ0) is 30.8. The van der Waals surface area contributed by atoms with Gasteiger partial charge in [0.05, 0.1) is 11.9 Å². The van der Waals surface area contributed by atoms with E-state index < -0.39 is 70.0 Å². The van der Waals surface area contributed by atoms with Gasteiger partial charge in [-0.2, -0.15) is 0 Å². The van der Waals surface area contributed by atoms with Crippen molar-refractivity contribution < 1.29 is 59.3 Å². The number of nitrogens with one attached hydrogen (secondary N) is 1. The van der Waals surface area contributed by atoms with Gasteiger partial charge in [-0.1, -0.05) is 0 Å². The number of hydrogen-bond acceptors (Lipinski definition) is 7. The van der Waals surface area contributed by atoms with Crippen molar-refractivity contribution in [3.8, 4) is 28.7 Å². The van der Waals surface area contributed by atoms with Gasteiger partial charge in [-0.25, -0.2) is 9.37 Å². The summed E-state index contributed by atoms with van der Waals surface area (Å²) in [6, 6.07) is 4.89. The maximum Gasteiger partial charge on any atom is 0.573 e. The lowest BCUT2D eigenvalue weighted by Crippen LogP contribution is -2.37. The quantitative estimate of drug-likeness (QED) is 0.294. The summed E-state index contributed by atoms with van der Waals surface area (Å²) in [5, 5.41) is -0.362. The van der Waals surface area contributed by atoms with Crippen LogP contribution in [0.3, 0.4) is 0 Å². The molecule has 2 aromatic carbocycles. The molecule has 1 heterocycles. The lowest BCUT2D eigenvalue weighted by Gasteiger charge is -2.25. The van der Waals surface area contributed by atoms with E-state index in [1.807, 2.05) is 0 Å². The zero-order valence-electron chi connectivity index (χ0n) is 20.0. The van der Waals surface area contributed by atoms with Crippen LogP contribution in [0.25, 0.3) is 0 Å². The molecule has 0 saturated carbocycles. The Balaban J connectivity index is 2.08. The van der Waals surface area contributed by atoms with Gasteiger partial charge in [-0.3, -0.25) is 9.59 Å². The van der Waals surface area contributed by atoms with E-state index >= 15 is 4.39 Å². The molecular weight excluding hydrogens is 568 g/mol. The highest BCUT2D eigenvalue weighted by molar-refractivity contribution is 6.58. The number of alkyl halides is 6. The van der Waals surface area contributed by atoms with Crippen LogP contribution < -0.4 is 30.0 Å². The van der Waals surface area contributed by atoms with Crippen LogP contribution >= 0.6 is 0 Å². The van der Waals surface area contributed by atoms with E-state index in [1.165, 1.54) is 0 Å². The number of pyridine rings is 1. The molecule has 0 unspecified atom stereocenters. The van der Waals surface area contributed by atoms with Crippen LogP contribution in [0.1, 0.15) is 20.8 Å². The molecule has 3 rings (SSSR count). The second kappa shape index (κ2) is 11.5. The molecule has 0 aliphatic carbocycles. The maximum atomic E-state index is 15.0. The van der Waals surface area contributed by atoms with Crippen molar-refractivity contribution in [3.63, 3.8) is 0 Å². The average Bonchev–Trinajstić information content (AvgIpc) is 2.77. The molecule has 41 heavy (non-hydrogen) atoms. The molecule has 9 nitrogen and oxygen atoms in total. The number of anilines is 1. The number of rotatable bonds is 9. The Morgan fingerprint density at radius 1 is 0.805 bits per heavy atom. The molecule has 6 radical (unpaired) electrons. The second-order valence-corrected chi connectivity index (χ2v) is 7.79. The third kappa shape index (κ3) is 9.25. The standard InChI is InChI=1S/C22H11B3F7N3O6/c23-20(24,25)41-15-6-10(39-21(27,28)29)2-4-14(15)38-16-7-11(40-22(30,31)32)5-12(26)17(16)19(37)35-9-1-3-13(18(33)36)34-8-9/h1-8H,(H2,33,36)(H,35,37). The van der Waals surface area contributed by atoms with Crippen LogP contribution in [0.5, 0.6) is 28.7 Å². The van der Waals surface area contributed by atoms with Gasteiger partial charge < -0.3 is 30.0 Å². The van der Waals surface area contributed by atoms with Crippen molar-refractivity contribution in [2.24, 2.45) is 5.73 Å². The highest BCUT2D eigenvalue weighted by Gasteiger charge is 2.34. The number of benzene rings is 2. The Bertz CT molecular complexity index is 1450. The first-order valence-corrected chi connectivity index (χ1v) is 10.6. The summed E-state index contributed by atoms with van der Waals surface area (Å²) in [6.07, 6.45) is -9.50. The minimum atomic E-state index is -5.30. The highest BCUT2D eigenvalue weighted by atomic mass is 19.4. The van der Waals surface area contributed by atoms with Crippen LogP contribution in [0.2, 0.25) is 0 Å². The predicted octanol–water partition coefficient (Wildman–Crippen LogP) is 3.66. The molecule has 0 saturated heterocycles. The number of ether oxygens (including phenoxy) is 4. The summed E-state index contributed by atoms with van der Waals surface area (Å²) in [6.45, 7) is 0. The fourth-order valence-corrected chi connectivity index (χ4v) is 3.02. The van der Waals surface area contributed by atoms with E-state index in [0.29, 0.717) is 18.2 Å². The molecule has 19 heteroatoms. The van der Waals surface area contributed by atoms with E-state index in [0.717, 1.165) is 24.4 Å². The summed E-state index contributed by atoms with van der Waals surface area (Å²) in [7, 11) is 16.0. The third-order valence-electron chi connectivity index (χ3n) is 4.42. The lowest BCUT2D eigenvalue weighted by atomic mass is 9.52. The molecule has 0 aliphatic heterocycles. The van der Waals surface area contributed by atoms with Crippen molar-refractivity contribution in [1.29, 1.82) is 0 Å². The fourth-order valence-electron chi connectivity index (χ4n) is 3.02. The van der Waals surface area contributed by atoms with Crippen molar-refractivity contribution >= 4 is 41.0 Å². The van der Waals surface area contributed by atoms with E-state index in [-0.39, 0.29) is 17.4 Å². The fraction of sp³-hybridized carbons (Fsp3) is 0.136. The number of nitrogens with two attached hydrogens (primary N) is 1. The number of carbonyl (C=O) groups excluding carboxylic acids is 2. The van der Waals surface area contributed by atoms with Crippen molar-refractivity contribution in [2.75, 3.05) is 5.32 Å². The number of hydrogen-bond donors (Lipinski definition) is 2. The van der Waals surface area contributed by atoms with E-state index in [2.05, 4.69) is 19.8 Å². The minimum Gasteiger partial charge on any atom is -0.512 e. The molecule has 3 N–H and O–H groups in total. The van der Waals surface area contributed by atoms with Gasteiger partial charge >= 0.3 is 12.7 Å². The summed E-state index contributed by atoms with van der Waals surface area (Å²) in [4.78, 5) is 27.8. The van der Waals surface area contributed by atoms with Crippen molar-refractivity contribution in [2.45, 2.75) is 18.0 Å². The Kier molecular flexibility index (Phi) is 8.69. The molecule has 0 bridgehead atoms. The maximum absolute atomic E-state index is 15.0. The number of nitrogens with zero attached hydrogens (tertiary/aromatic N) is 1. The Hall–Kier alpha value is -4.57. The van der Waals surface area contributed by atoms with Gasteiger partial charge in [0, 0.05) is 18.2 Å². The van der Waals surface area contributed by atoms with E-state index in [4.69, 9.17) is 38.7 Å². The normalized spacial score (nSPS) is 11.9. The summed E-state index contributed by atoms with van der Waals surface area (Å²) >= 11 is 0. The molecule has 1 aromatic heterocycles. The monoisotopic (exact) mass is 579 g/mol. The molecule has 0 atom stereocenters. The molecule has 0 fully saturated rings. The van der Waals surface area contributed by atoms with Crippen molar-refractivity contribution in [1.82, 2.24) is 4.98 Å². The number of aromatic nitrogens is 1. The van der Waals surface area contributed by atoms with Crippen molar-refractivity contribution in [3.05, 3.63) is 65.7 Å². The number of halogens is 7. The summed E-state index contributed by atoms with van der Waals surface area (Å²) in [5.41, 5.74) is 3.76. The van der Waals surface area contributed by atoms with Crippen LogP contribution in [-0.4, -0.2) is 58.4 Å². The first kappa shape index (κ1) is 31.0. The first-order valence-electron chi connectivity index (χ1n) is 10.6. The Morgan fingerprint density at radius 2 is 1.41 bits per heavy atom. The zero-order valence-corrected chi connectivity index (χ0v) is 20.0. The molecular formula is C22H11B3F7N3O6. The molecule has 0 aliphatic rings. The molecule has 2 amide bonds. The van der Waals surface area contributed by atoms with Gasteiger partial charge in [0.15, 0.2) is 11.5 Å². The van der Waals surface area contributed by atoms with E-state index in [9.17, 15) is 35.9 Å². The van der Waals surface area contributed by atoms with E-state index in [1.54, 1.807) is 0 Å². The summed E-state index contributed by atoms with van der Waals surface area (Å²) < 4.78 is 109. The topological polar surface area (TPSA) is 122 Å². The van der Waals surface area contributed by atoms with Crippen LogP contribution in [0.4, 0.5) is 36.4 Å². The van der Waals surface area contributed by atoms with Gasteiger partial charge in [-0.15, -0.1) is 26.3 Å². The highest BCUT2D eigenvalue weighted by Crippen LogP contribution is 2.40. The van der Waals surface area contributed by atoms with Gasteiger partial charge in [0.2, 0.25) is 0 Å². The molecule has 0 spiro atoms. The average molecular weight is 579 g/mol. The van der Waals surface area contributed by atoms with Crippen LogP contribution in [0.15, 0.2) is 48.7 Å². The van der Waals surface area contributed by atoms with Gasteiger partial charge in [0.1, 0.15) is 57.9 Å². The summed E-state index contributed by atoms with van der Waals surface area (Å²) in [5.74, 6) is -8.25. The smallest absolute Gasteiger partial charge is 0.512 e. The van der Waals surface area contributed by atoms with Gasteiger partial charge in [0.25, 0.3) is 11.8 Å². The first-order chi connectivity index (χ1) is 18.8. The number of amides is 2. The second-order valence-electron chi connectivity index (χ2n) is 7.79. The number of primary amides is 1. The Morgan fingerprint density at radius 3 is 1.95 bits per heavy atom.